The molecule has 0 spiro atoms. The van der Waals surface area contributed by atoms with Crippen molar-refractivity contribution < 1.29 is 0 Å². The Morgan fingerprint density at radius 2 is 1.60 bits per heavy atom. The van der Waals surface area contributed by atoms with Gasteiger partial charge in [-0.25, -0.2) is 0 Å². The number of hydrogen-bond donors (Lipinski definition) is 0. The van der Waals surface area contributed by atoms with Crippen LogP contribution in [0.1, 0.15) is 11.1 Å². The van der Waals surface area contributed by atoms with E-state index in [1.165, 1.54) is 21.9 Å². The maximum Gasteiger partial charge on any atom is 0.0430 e. The monoisotopic (exact) mass is 260 g/mol. The van der Waals surface area contributed by atoms with Crippen LogP contribution in [0.5, 0.6) is 0 Å². The molecule has 0 amide bonds. The van der Waals surface area contributed by atoms with E-state index in [0.29, 0.717) is 0 Å². The first-order chi connectivity index (χ1) is 9.93. The van der Waals surface area contributed by atoms with Gasteiger partial charge in [0.2, 0.25) is 0 Å². The normalized spacial score (nSPS) is 12.4. The number of rotatable bonds is 0. The number of benzene rings is 2. The lowest BCUT2D eigenvalue weighted by Crippen LogP contribution is -2.01. The van der Waals surface area contributed by atoms with Crippen LogP contribution in [0.25, 0.3) is 10.8 Å². The van der Waals surface area contributed by atoms with Gasteiger partial charge in [0, 0.05) is 25.2 Å². The Morgan fingerprint density at radius 1 is 0.800 bits per heavy atom. The predicted octanol–water partition coefficient (Wildman–Crippen LogP) is 3.90. The molecule has 0 radical (unpaired) electrons. The van der Waals surface area contributed by atoms with Crippen molar-refractivity contribution in [3.8, 4) is 0 Å². The van der Waals surface area contributed by atoms with Gasteiger partial charge in [0.05, 0.1) is 0 Å². The summed E-state index contributed by atoms with van der Waals surface area (Å²) in [6.07, 6.45) is 6.74. The summed E-state index contributed by atoms with van der Waals surface area (Å²) in [7, 11) is 0. The summed E-state index contributed by atoms with van der Waals surface area (Å²) >= 11 is 0. The van der Waals surface area contributed by atoms with Crippen molar-refractivity contribution in [2.75, 3.05) is 6.54 Å². The van der Waals surface area contributed by atoms with Crippen molar-refractivity contribution in [2.24, 2.45) is 4.99 Å². The molecule has 1 aliphatic heterocycles. The molecule has 0 saturated heterocycles. The summed E-state index contributed by atoms with van der Waals surface area (Å²) in [5.74, 6) is 0. The molecule has 1 aromatic heterocycles. The Balaban J connectivity index is 0.000000121. The van der Waals surface area contributed by atoms with E-state index in [-0.39, 0.29) is 0 Å². The molecule has 0 fully saturated rings. The summed E-state index contributed by atoms with van der Waals surface area (Å²) in [5, 5.41) is 2.45. The van der Waals surface area contributed by atoms with Gasteiger partial charge in [0.15, 0.2) is 0 Å². The first-order valence-corrected chi connectivity index (χ1v) is 6.80. The number of nitrogens with zero attached hydrogens (tertiary/aromatic N) is 2. The second-order valence-corrected chi connectivity index (χ2v) is 4.71. The molecule has 0 N–H and O–H groups in total. The minimum atomic E-state index is 0.955. The van der Waals surface area contributed by atoms with Crippen LogP contribution in [-0.4, -0.2) is 17.7 Å². The molecule has 1 aliphatic rings. The summed E-state index contributed by atoms with van der Waals surface area (Å²) < 4.78 is 0. The van der Waals surface area contributed by atoms with Crippen LogP contribution in [0.4, 0.5) is 0 Å². The topological polar surface area (TPSA) is 25.2 Å². The molecule has 20 heavy (non-hydrogen) atoms. The van der Waals surface area contributed by atoms with Gasteiger partial charge >= 0.3 is 0 Å². The zero-order valence-corrected chi connectivity index (χ0v) is 11.2. The molecule has 2 heterocycles. The Hall–Kier alpha value is -2.48. The number of aliphatic imine (C=N–C) groups is 1. The number of aromatic nitrogens is 1. The second kappa shape index (κ2) is 6.11. The van der Waals surface area contributed by atoms with Gasteiger partial charge < -0.3 is 0 Å². The summed E-state index contributed by atoms with van der Waals surface area (Å²) in [4.78, 5) is 8.21. The highest BCUT2D eigenvalue weighted by atomic mass is 14.7. The third kappa shape index (κ3) is 2.91. The van der Waals surface area contributed by atoms with Gasteiger partial charge in [0.1, 0.15) is 0 Å². The third-order valence-electron chi connectivity index (χ3n) is 3.35. The fraction of sp³-hybridized carbons (Fsp3) is 0.111. The first-order valence-electron chi connectivity index (χ1n) is 6.80. The van der Waals surface area contributed by atoms with Gasteiger partial charge in [-0.15, -0.1) is 0 Å². The van der Waals surface area contributed by atoms with Crippen LogP contribution in [-0.2, 0) is 6.42 Å². The highest BCUT2D eigenvalue weighted by Gasteiger charge is 2.01. The Bertz CT molecular complexity index is 667. The zero-order chi connectivity index (χ0) is 13.6. The molecule has 4 rings (SSSR count). The van der Waals surface area contributed by atoms with Gasteiger partial charge in [-0.2, -0.15) is 0 Å². The van der Waals surface area contributed by atoms with E-state index in [1.54, 1.807) is 0 Å². The summed E-state index contributed by atoms with van der Waals surface area (Å²) in [6.45, 7) is 0.955. The minimum absolute atomic E-state index is 0.955. The summed E-state index contributed by atoms with van der Waals surface area (Å²) in [6, 6.07) is 18.6. The molecular formula is C18H16N2. The lowest BCUT2D eigenvalue weighted by Gasteiger charge is -2.07. The van der Waals surface area contributed by atoms with Gasteiger partial charge in [-0.05, 0) is 34.4 Å². The molecule has 98 valence electrons. The molecule has 3 aromatic rings. The smallest absolute Gasteiger partial charge is 0.0430 e. The number of fused-ring (bicyclic) bond motifs is 2. The van der Waals surface area contributed by atoms with E-state index < -0.39 is 0 Å². The first kappa shape index (κ1) is 12.5. The van der Waals surface area contributed by atoms with Crippen LogP contribution in [0.3, 0.4) is 0 Å². The van der Waals surface area contributed by atoms with E-state index >= 15 is 0 Å². The summed E-state index contributed by atoms with van der Waals surface area (Å²) in [5.41, 5.74) is 2.71. The Labute approximate surface area is 118 Å². The highest BCUT2D eigenvalue weighted by molar-refractivity contribution is 5.82. The van der Waals surface area contributed by atoms with Crippen LogP contribution in [0.2, 0.25) is 0 Å². The Morgan fingerprint density at radius 3 is 2.45 bits per heavy atom. The number of pyridine rings is 1. The Kier molecular flexibility index (Phi) is 3.83. The van der Waals surface area contributed by atoms with Crippen LogP contribution in [0, 0.1) is 0 Å². The van der Waals surface area contributed by atoms with Crippen LogP contribution < -0.4 is 0 Å². The molecule has 0 atom stereocenters. The molecule has 2 heteroatoms. The average Bonchev–Trinajstić information content (AvgIpc) is 2.56. The molecule has 2 nitrogen and oxygen atoms in total. The van der Waals surface area contributed by atoms with Crippen molar-refractivity contribution in [2.45, 2.75) is 6.42 Å². The van der Waals surface area contributed by atoms with Crippen molar-refractivity contribution in [1.82, 2.24) is 4.98 Å². The fourth-order valence-corrected chi connectivity index (χ4v) is 2.26. The predicted molar refractivity (Wildman–Crippen MR) is 84.4 cm³/mol. The van der Waals surface area contributed by atoms with Crippen molar-refractivity contribution in [3.05, 3.63) is 78.1 Å². The van der Waals surface area contributed by atoms with Gasteiger partial charge in [-0.1, -0.05) is 48.5 Å². The van der Waals surface area contributed by atoms with E-state index in [1.807, 2.05) is 36.8 Å². The van der Waals surface area contributed by atoms with Crippen molar-refractivity contribution in [3.63, 3.8) is 0 Å². The minimum Gasteiger partial charge on any atom is -0.292 e. The average molecular weight is 260 g/mol. The van der Waals surface area contributed by atoms with E-state index in [4.69, 9.17) is 0 Å². The molecule has 2 aromatic carbocycles. The maximum absolute atomic E-state index is 4.19. The third-order valence-corrected chi connectivity index (χ3v) is 3.35. The zero-order valence-electron chi connectivity index (χ0n) is 11.2. The van der Waals surface area contributed by atoms with Crippen LogP contribution >= 0.6 is 0 Å². The van der Waals surface area contributed by atoms with Gasteiger partial charge in [0.25, 0.3) is 0 Å². The lowest BCUT2D eigenvalue weighted by molar-refractivity contribution is 0.952. The lowest BCUT2D eigenvalue weighted by atomic mass is 10.0. The van der Waals surface area contributed by atoms with E-state index in [2.05, 4.69) is 46.4 Å². The largest absolute Gasteiger partial charge is 0.292 e. The molecular weight excluding hydrogens is 244 g/mol. The molecule has 0 aliphatic carbocycles. The molecule has 0 unspecified atom stereocenters. The van der Waals surface area contributed by atoms with E-state index in [9.17, 15) is 0 Å². The fourth-order valence-electron chi connectivity index (χ4n) is 2.26. The quantitative estimate of drug-likeness (QED) is 0.602. The van der Waals surface area contributed by atoms with Crippen LogP contribution in [0.15, 0.2) is 72.0 Å². The highest BCUT2D eigenvalue weighted by Crippen LogP contribution is 2.10. The van der Waals surface area contributed by atoms with Crippen molar-refractivity contribution in [1.29, 1.82) is 0 Å². The van der Waals surface area contributed by atoms with Crippen molar-refractivity contribution >= 4 is 17.0 Å². The molecule has 0 bridgehead atoms. The molecule has 0 saturated carbocycles. The van der Waals surface area contributed by atoms with Gasteiger partial charge in [-0.3, -0.25) is 9.98 Å². The standard InChI is InChI=1S/C9H9N.C9H7N/c2*1-2-4-9-7-10-6-5-8(9)3-1/h1-4,7H,5-6H2;1-7H. The number of hydrogen-bond acceptors (Lipinski definition) is 2. The SMILES string of the molecule is C1=NCCc2ccccc21.c1ccc2cnccc2c1. The second-order valence-electron chi connectivity index (χ2n) is 4.71. The van der Waals surface area contributed by atoms with E-state index in [0.717, 1.165) is 13.0 Å². The maximum atomic E-state index is 4.19.